The standard InChI is InChI=1S/C21H33NO7/c1-2-9-24-11-13-26-15-17-28-18-16-27-14-12-25-10-8-22-21(23)29-19-20-6-4-3-5-7-20/h2-7H,1,8-19H2,(H,22,23). The predicted octanol–water partition coefficient (Wildman–Crippen LogP) is 2.18. The van der Waals surface area contributed by atoms with Gasteiger partial charge < -0.3 is 33.7 Å². The molecule has 1 aromatic rings. The molecule has 0 saturated heterocycles. The molecule has 1 aromatic carbocycles. The molecule has 164 valence electrons. The number of carbonyl (C=O) groups excluding carboxylic acids is 1. The molecular weight excluding hydrogens is 378 g/mol. The monoisotopic (exact) mass is 411 g/mol. The molecule has 0 bridgehead atoms. The molecule has 0 atom stereocenters. The maximum absolute atomic E-state index is 11.5. The molecule has 0 aliphatic rings. The Morgan fingerprint density at radius 2 is 1.31 bits per heavy atom. The molecule has 0 saturated carbocycles. The molecule has 1 rings (SSSR count). The molecule has 0 aromatic heterocycles. The Kier molecular flexibility index (Phi) is 16.7. The van der Waals surface area contributed by atoms with Crippen LogP contribution in [0.15, 0.2) is 43.0 Å². The summed E-state index contributed by atoms with van der Waals surface area (Å²) >= 11 is 0. The van der Waals surface area contributed by atoms with Gasteiger partial charge in [-0.2, -0.15) is 0 Å². The lowest BCUT2D eigenvalue weighted by Crippen LogP contribution is -2.28. The van der Waals surface area contributed by atoms with E-state index in [2.05, 4.69) is 11.9 Å². The molecule has 0 aliphatic carbocycles. The first-order valence-electron chi connectivity index (χ1n) is 9.77. The van der Waals surface area contributed by atoms with Crippen molar-refractivity contribution in [2.45, 2.75) is 6.61 Å². The number of alkyl carbamates (subject to hydrolysis) is 1. The van der Waals surface area contributed by atoms with E-state index < -0.39 is 6.09 Å². The van der Waals surface area contributed by atoms with Gasteiger partial charge in [0, 0.05) is 6.54 Å². The van der Waals surface area contributed by atoms with Crippen LogP contribution in [0, 0.1) is 0 Å². The van der Waals surface area contributed by atoms with Crippen LogP contribution in [0.1, 0.15) is 5.56 Å². The quantitative estimate of drug-likeness (QED) is 0.276. The van der Waals surface area contributed by atoms with Gasteiger partial charge in [-0.3, -0.25) is 0 Å². The van der Waals surface area contributed by atoms with E-state index in [0.29, 0.717) is 72.6 Å². The van der Waals surface area contributed by atoms with Gasteiger partial charge in [-0.25, -0.2) is 4.79 Å². The van der Waals surface area contributed by atoms with Crippen molar-refractivity contribution < 1.29 is 33.2 Å². The SMILES string of the molecule is C=CCOCCOCCOCCOCCOCCNC(=O)OCc1ccccc1. The zero-order chi connectivity index (χ0) is 20.8. The van der Waals surface area contributed by atoms with E-state index in [1.165, 1.54) is 0 Å². The van der Waals surface area contributed by atoms with Gasteiger partial charge in [0.25, 0.3) is 0 Å². The lowest BCUT2D eigenvalue weighted by molar-refractivity contribution is -0.00912. The van der Waals surface area contributed by atoms with Gasteiger partial charge in [-0.05, 0) is 5.56 Å². The summed E-state index contributed by atoms with van der Waals surface area (Å²) in [5.74, 6) is 0. The van der Waals surface area contributed by atoms with Crippen LogP contribution in [0.2, 0.25) is 0 Å². The van der Waals surface area contributed by atoms with Crippen molar-refractivity contribution in [1.82, 2.24) is 5.32 Å². The topological polar surface area (TPSA) is 84.5 Å². The number of hydrogen-bond donors (Lipinski definition) is 1. The summed E-state index contributed by atoms with van der Waals surface area (Å²) in [4.78, 5) is 11.5. The smallest absolute Gasteiger partial charge is 0.407 e. The van der Waals surface area contributed by atoms with Crippen molar-refractivity contribution >= 4 is 6.09 Å². The second kappa shape index (κ2) is 19.4. The molecule has 0 unspecified atom stereocenters. The Bertz CT molecular complexity index is 513. The van der Waals surface area contributed by atoms with Gasteiger partial charge in [0.1, 0.15) is 6.61 Å². The van der Waals surface area contributed by atoms with Crippen LogP contribution < -0.4 is 5.32 Å². The zero-order valence-corrected chi connectivity index (χ0v) is 17.0. The molecular formula is C21H33NO7. The van der Waals surface area contributed by atoms with E-state index in [1.54, 1.807) is 6.08 Å². The third-order valence-corrected chi connectivity index (χ3v) is 3.45. The molecule has 0 heterocycles. The second-order valence-electron chi connectivity index (χ2n) is 5.80. The highest BCUT2D eigenvalue weighted by atomic mass is 16.6. The van der Waals surface area contributed by atoms with Gasteiger partial charge >= 0.3 is 6.09 Å². The first kappa shape index (κ1) is 25.1. The maximum atomic E-state index is 11.5. The zero-order valence-electron chi connectivity index (χ0n) is 17.0. The lowest BCUT2D eigenvalue weighted by Gasteiger charge is -2.09. The normalized spacial score (nSPS) is 10.6. The molecule has 1 N–H and O–H groups in total. The van der Waals surface area contributed by atoms with Crippen molar-refractivity contribution in [2.75, 3.05) is 72.6 Å². The van der Waals surface area contributed by atoms with E-state index in [1.807, 2.05) is 30.3 Å². The fourth-order valence-corrected chi connectivity index (χ4v) is 2.05. The van der Waals surface area contributed by atoms with E-state index in [9.17, 15) is 4.79 Å². The van der Waals surface area contributed by atoms with Crippen LogP contribution in [-0.2, 0) is 35.0 Å². The van der Waals surface area contributed by atoms with Gasteiger partial charge in [-0.15, -0.1) is 6.58 Å². The van der Waals surface area contributed by atoms with Crippen LogP contribution in [-0.4, -0.2) is 78.7 Å². The number of nitrogens with one attached hydrogen (secondary N) is 1. The average Bonchev–Trinajstić information content (AvgIpc) is 2.75. The number of amides is 1. The number of ether oxygens (including phenoxy) is 6. The molecule has 0 aliphatic heterocycles. The van der Waals surface area contributed by atoms with E-state index in [-0.39, 0.29) is 6.61 Å². The molecule has 0 radical (unpaired) electrons. The van der Waals surface area contributed by atoms with E-state index >= 15 is 0 Å². The highest BCUT2D eigenvalue weighted by Crippen LogP contribution is 2.00. The van der Waals surface area contributed by atoms with Crippen molar-refractivity contribution in [1.29, 1.82) is 0 Å². The third kappa shape index (κ3) is 16.7. The van der Waals surface area contributed by atoms with Gasteiger partial charge in [0.2, 0.25) is 0 Å². The van der Waals surface area contributed by atoms with Crippen LogP contribution in [0.3, 0.4) is 0 Å². The Morgan fingerprint density at radius 3 is 1.86 bits per heavy atom. The minimum atomic E-state index is -0.459. The van der Waals surface area contributed by atoms with Gasteiger partial charge in [0.15, 0.2) is 0 Å². The Labute approximate surface area is 173 Å². The van der Waals surface area contributed by atoms with E-state index in [0.717, 1.165) is 5.56 Å². The summed E-state index contributed by atoms with van der Waals surface area (Å²) in [6.07, 6.45) is 1.24. The summed E-state index contributed by atoms with van der Waals surface area (Å²) in [6.45, 7) is 9.21. The highest BCUT2D eigenvalue weighted by Gasteiger charge is 2.01. The third-order valence-electron chi connectivity index (χ3n) is 3.45. The van der Waals surface area contributed by atoms with Crippen LogP contribution in [0.4, 0.5) is 4.79 Å². The van der Waals surface area contributed by atoms with Gasteiger partial charge in [-0.1, -0.05) is 36.4 Å². The summed E-state index contributed by atoms with van der Waals surface area (Å²) < 4.78 is 31.8. The summed E-state index contributed by atoms with van der Waals surface area (Å²) in [7, 11) is 0. The molecule has 0 spiro atoms. The predicted molar refractivity (Wildman–Crippen MR) is 109 cm³/mol. The van der Waals surface area contributed by atoms with E-state index in [4.69, 9.17) is 28.4 Å². The number of carbonyl (C=O) groups is 1. The maximum Gasteiger partial charge on any atom is 0.407 e. The minimum Gasteiger partial charge on any atom is -0.445 e. The highest BCUT2D eigenvalue weighted by molar-refractivity contribution is 5.67. The number of hydrogen-bond acceptors (Lipinski definition) is 7. The molecule has 8 nitrogen and oxygen atoms in total. The fraction of sp³-hybridized carbons (Fsp3) is 0.571. The second-order valence-corrected chi connectivity index (χ2v) is 5.80. The molecule has 0 fully saturated rings. The van der Waals surface area contributed by atoms with Crippen LogP contribution >= 0.6 is 0 Å². The van der Waals surface area contributed by atoms with Gasteiger partial charge in [0.05, 0.1) is 66.1 Å². The largest absolute Gasteiger partial charge is 0.445 e. The lowest BCUT2D eigenvalue weighted by atomic mass is 10.2. The molecule has 1 amide bonds. The summed E-state index contributed by atoms with van der Waals surface area (Å²) in [6, 6.07) is 9.51. The Morgan fingerprint density at radius 1 is 0.793 bits per heavy atom. The summed E-state index contributed by atoms with van der Waals surface area (Å²) in [5.41, 5.74) is 0.946. The van der Waals surface area contributed by atoms with Crippen molar-refractivity contribution in [2.24, 2.45) is 0 Å². The van der Waals surface area contributed by atoms with Crippen molar-refractivity contribution in [3.63, 3.8) is 0 Å². The molecule has 8 heteroatoms. The van der Waals surface area contributed by atoms with Crippen molar-refractivity contribution in [3.05, 3.63) is 48.6 Å². The minimum absolute atomic E-state index is 0.250. The average molecular weight is 411 g/mol. The fourth-order valence-electron chi connectivity index (χ4n) is 2.05. The molecule has 29 heavy (non-hydrogen) atoms. The number of rotatable bonds is 19. The Hall–Kier alpha value is -1.97. The Balaban J connectivity index is 1.74. The number of benzene rings is 1. The van der Waals surface area contributed by atoms with Crippen LogP contribution in [0.5, 0.6) is 0 Å². The van der Waals surface area contributed by atoms with Crippen molar-refractivity contribution in [3.8, 4) is 0 Å². The van der Waals surface area contributed by atoms with Crippen LogP contribution in [0.25, 0.3) is 0 Å². The first-order chi connectivity index (χ1) is 14.3. The first-order valence-corrected chi connectivity index (χ1v) is 9.77. The summed E-state index contributed by atoms with van der Waals surface area (Å²) in [5, 5.41) is 2.63.